The largest absolute Gasteiger partial charge is 0.477 e. The number of carbonyl (C=O) groups excluding carboxylic acids is 2. The minimum Gasteiger partial charge on any atom is -0.477 e. The highest BCUT2D eigenvalue weighted by molar-refractivity contribution is 5.77. The van der Waals surface area contributed by atoms with Gasteiger partial charge in [-0.05, 0) is 38.5 Å². The minimum atomic E-state index is -3.08. The lowest BCUT2D eigenvalue weighted by molar-refractivity contribution is -0.386. The Kier molecular flexibility index (Phi) is 60.5. The van der Waals surface area contributed by atoms with E-state index in [-0.39, 0.29) is 18.9 Å². The molecule has 0 saturated carbocycles. The number of aliphatic hydroxyl groups excluding tert-OH is 11. The second kappa shape index (κ2) is 65.5. The molecule has 0 aromatic carbocycles. The van der Waals surface area contributed by atoms with Crippen molar-refractivity contribution >= 4 is 17.8 Å². The van der Waals surface area contributed by atoms with E-state index in [9.17, 15) is 75.7 Å². The van der Waals surface area contributed by atoms with E-state index in [0.29, 0.717) is 19.3 Å². The van der Waals surface area contributed by atoms with E-state index in [0.717, 1.165) is 58.3 Å². The van der Waals surface area contributed by atoms with Crippen LogP contribution in [0.25, 0.3) is 0 Å². The molecule has 3 rings (SSSR count). The van der Waals surface area contributed by atoms with Crippen LogP contribution in [0.1, 0.15) is 387 Å². The Hall–Kier alpha value is -2.53. The van der Waals surface area contributed by atoms with Crippen LogP contribution in [0.4, 0.5) is 0 Å². The topological polar surface area (TPSA) is 373 Å². The van der Waals surface area contributed by atoms with Crippen molar-refractivity contribution in [3.63, 3.8) is 0 Å². The number of aliphatic carboxylic acids is 1. The molecule has 23 heteroatoms. The summed E-state index contributed by atoms with van der Waals surface area (Å²) >= 11 is 0. The molecule has 3 heterocycles. The Balaban J connectivity index is 1.43. The van der Waals surface area contributed by atoms with Gasteiger partial charge in [-0.3, -0.25) is 9.59 Å². The summed E-state index contributed by atoms with van der Waals surface area (Å²) in [5, 5.41) is 137. The van der Waals surface area contributed by atoms with Gasteiger partial charge in [0.2, 0.25) is 11.8 Å². The maximum absolute atomic E-state index is 13.6. The summed E-state index contributed by atoms with van der Waals surface area (Å²) in [7, 11) is 0. The molecule has 648 valence electrons. The lowest BCUT2D eigenvalue weighted by Gasteiger charge is -2.50. The molecule has 18 unspecified atom stereocenters. The average Bonchev–Trinajstić information content (AvgIpc) is 0.752. The van der Waals surface area contributed by atoms with Crippen molar-refractivity contribution in [2.75, 3.05) is 26.4 Å². The van der Waals surface area contributed by atoms with Crippen molar-refractivity contribution in [2.45, 2.75) is 497 Å². The van der Waals surface area contributed by atoms with E-state index in [1.165, 1.54) is 283 Å². The van der Waals surface area contributed by atoms with Crippen molar-refractivity contribution in [3.8, 4) is 0 Å². The number of hydrogen-bond acceptors (Lipinski definition) is 20. The third kappa shape index (κ3) is 44.1. The van der Waals surface area contributed by atoms with Gasteiger partial charge in [0.25, 0.3) is 5.79 Å². The van der Waals surface area contributed by atoms with E-state index in [1.807, 2.05) is 0 Å². The first-order valence-electron chi connectivity index (χ1n) is 45.0. The summed E-state index contributed by atoms with van der Waals surface area (Å²) in [6.07, 6.45) is 45.1. The predicted octanol–water partition coefficient (Wildman–Crippen LogP) is 14.1. The monoisotopic (exact) mass is 1570 g/mol. The average molecular weight is 1570 g/mol. The number of ether oxygens (including phenoxy) is 6. The fourth-order valence-corrected chi connectivity index (χ4v) is 15.9. The van der Waals surface area contributed by atoms with Gasteiger partial charge in [0.15, 0.2) is 12.6 Å². The predicted molar refractivity (Wildman–Crippen MR) is 431 cm³/mol. The molecular weight excluding hydrogens is 1410 g/mol. The molecule has 0 spiro atoms. The molecule has 2 amide bonds. The van der Waals surface area contributed by atoms with Gasteiger partial charge in [-0.2, -0.15) is 0 Å². The summed E-state index contributed by atoms with van der Waals surface area (Å²) in [6, 6.07) is -2.53. The van der Waals surface area contributed by atoms with Crippen LogP contribution in [-0.2, 0) is 42.8 Å². The highest BCUT2D eigenvalue weighted by Gasteiger charge is 2.60. The Morgan fingerprint density at radius 3 is 1.23 bits per heavy atom. The highest BCUT2D eigenvalue weighted by Crippen LogP contribution is 2.39. The molecule has 3 fully saturated rings. The molecular formula is C87H164N2O21. The maximum Gasteiger partial charge on any atom is 0.364 e. The standard InChI is InChI=1S/C87H164N2O21/c1-4-6-8-10-12-14-16-18-20-22-24-26-27-28-29-30-31-32-33-34-35-36-37-38-39-41-43-45-47-49-51-53-55-57-59-61-74(97)89-68(69(94)60-58-56-54-52-50-48-46-44-42-40-25-23-21-19-17-15-13-11-9-7-5-2)66-105-84-79(101)78(100)81(73(65-92)107-84)108-85-80(102)83(77(99)72(64-91)106-85)110-87(86(103)104)62-70(95)75(88-67(3)93)82(109-87)76(98)71(96)63-90/h30-31,68-73,75-85,90-92,94-96,98-102H,4-29,32-66H2,1-3H3,(H,88,93)(H,89,97)(H,103,104)/b31-30-. The molecule has 0 radical (unpaired) electrons. The normalized spacial score (nSPS) is 25.6. The number of aliphatic hydroxyl groups is 11. The molecule has 14 N–H and O–H groups in total. The van der Waals surface area contributed by atoms with Crippen molar-refractivity contribution < 1.29 is 104 Å². The number of carboxylic acids is 1. The minimum absolute atomic E-state index is 0.228. The zero-order chi connectivity index (χ0) is 80.3. The van der Waals surface area contributed by atoms with Crippen molar-refractivity contribution in [2.24, 2.45) is 0 Å². The van der Waals surface area contributed by atoms with E-state index in [4.69, 9.17) is 28.4 Å². The Morgan fingerprint density at radius 2 is 0.845 bits per heavy atom. The van der Waals surface area contributed by atoms with Gasteiger partial charge in [0.1, 0.15) is 67.1 Å². The van der Waals surface area contributed by atoms with Gasteiger partial charge >= 0.3 is 5.97 Å². The SMILES string of the molecule is CCCCCCCCCCCCCCCC/C=C\CCCCCCCCCCCCCCCCCCCC(=O)NC(COC1OC(CO)C(OC2OC(CO)C(O)C(OC3(C(=O)O)CC(O)C(NC(C)=O)C(C(O)C(O)CO)O3)C2O)C(O)C1O)C(O)CCCCCCCCCCCCCCCCCCCCCCC. The van der Waals surface area contributed by atoms with Gasteiger partial charge < -0.3 is 100 Å². The lowest BCUT2D eigenvalue weighted by atomic mass is 9.88. The molecule has 0 aliphatic carbocycles. The summed E-state index contributed by atoms with van der Waals surface area (Å²) in [5.41, 5.74) is 0. The first kappa shape index (κ1) is 102. The number of nitrogens with one attached hydrogen (secondary N) is 2. The Bertz CT molecular complexity index is 2220. The van der Waals surface area contributed by atoms with Gasteiger partial charge in [0, 0.05) is 19.8 Å². The smallest absolute Gasteiger partial charge is 0.364 e. The summed E-state index contributed by atoms with van der Waals surface area (Å²) in [4.78, 5) is 38.8. The summed E-state index contributed by atoms with van der Waals surface area (Å²) in [6.45, 7) is 2.28. The molecule has 3 saturated heterocycles. The number of amides is 2. The van der Waals surface area contributed by atoms with Crippen LogP contribution in [0, 0.1) is 0 Å². The zero-order valence-corrected chi connectivity index (χ0v) is 69.1. The van der Waals surface area contributed by atoms with Crippen LogP contribution in [-0.4, -0.2) is 215 Å². The molecule has 3 aliphatic rings. The third-order valence-electron chi connectivity index (χ3n) is 23.0. The Labute approximate surface area is 664 Å². The molecule has 18 atom stereocenters. The first-order chi connectivity index (χ1) is 53.4. The number of rotatable bonds is 73. The lowest BCUT2D eigenvalue weighted by Crippen LogP contribution is -2.70. The second-order valence-corrected chi connectivity index (χ2v) is 32.8. The van der Waals surface area contributed by atoms with Crippen LogP contribution >= 0.6 is 0 Å². The second-order valence-electron chi connectivity index (χ2n) is 32.8. The number of unbranched alkanes of at least 4 members (excludes halogenated alkanes) is 51. The van der Waals surface area contributed by atoms with E-state index >= 15 is 0 Å². The van der Waals surface area contributed by atoms with E-state index < -0.39 is 148 Å². The fraction of sp³-hybridized carbons (Fsp3) is 0.943. The summed E-state index contributed by atoms with van der Waals surface area (Å²) < 4.78 is 35.0. The first-order valence-corrected chi connectivity index (χ1v) is 45.0. The molecule has 0 aromatic heterocycles. The van der Waals surface area contributed by atoms with Crippen LogP contribution in [0.15, 0.2) is 12.2 Å². The number of allylic oxidation sites excluding steroid dienone is 2. The summed E-state index contributed by atoms with van der Waals surface area (Å²) in [5.74, 6) is -6.09. The third-order valence-corrected chi connectivity index (χ3v) is 23.0. The quantitative estimate of drug-likeness (QED) is 0.0199. The fourth-order valence-electron chi connectivity index (χ4n) is 15.9. The van der Waals surface area contributed by atoms with Crippen molar-refractivity contribution in [1.82, 2.24) is 10.6 Å². The molecule has 110 heavy (non-hydrogen) atoms. The van der Waals surface area contributed by atoms with Gasteiger partial charge in [-0.15, -0.1) is 0 Å². The van der Waals surface area contributed by atoms with Gasteiger partial charge in [-0.1, -0.05) is 341 Å². The molecule has 0 aromatic rings. The van der Waals surface area contributed by atoms with E-state index in [1.54, 1.807) is 0 Å². The van der Waals surface area contributed by atoms with Gasteiger partial charge in [0.05, 0.1) is 50.7 Å². The number of hydrogen-bond donors (Lipinski definition) is 14. The maximum atomic E-state index is 13.6. The van der Waals surface area contributed by atoms with E-state index in [2.05, 4.69) is 36.6 Å². The molecule has 3 aliphatic heterocycles. The van der Waals surface area contributed by atoms with Crippen molar-refractivity contribution in [1.29, 1.82) is 0 Å². The molecule has 23 nitrogen and oxygen atoms in total. The van der Waals surface area contributed by atoms with Crippen molar-refractivity contribution in [3.05, 3.63) is 12.2 Å². The van der Waals surface area contributed by atoms with Crippen LogP contribution < -0.4 is 10.6 Å². The zero-order valence-electron chi connectivity index (χ0n) is 69.1. The Morgan fingerprint density at radius 1 is 0.464 bits per heavy atom. The number of carbonyl (C=O) groups is 3. The van der Waals surface area contributed by atoms with Gasteiger partial charge in [-0.25, -0.2) is 4.79 Å². The van der Waals surface area contributed by atoms with Crippen LogP contribution in [0.3, 0.4) is 0 Å². The van der Waals surface area contributed by atoms with Crippen LogP contribution in [0.2, 0.25) is 0 Å². The number of carboxylic acid groups (broad SMARTS) is 1. The van der Waals surface area contributed by atoms with Crippen LogP contribution in [0.5, 0.6) is 0 Å². The highest BCUT2D eigenvalue weighted by atomic mass is 16.8. The molecule has 0 bridgehead atoms.